The molecule has 1 unspecified atom stereocenters. The van der Waals surface area contributed by atoms with Gasteiger partial charge in [0.05, 0.1) is 19.0 Å². The molecular formula is C23H27N5O4S. The molecule has 0 radical (unpaired) electrons. The smallest absolute Gasteiger partial charge is 0.318 e. The third-order valence-corrected chi connectivity index (χ3v) is 6.20. The lowest BCUT2D eigenvalue weighted by atomic mass is 10.1. The van der Waals surface area contributed by atoms with E-state index in [4.69, 9.17) is 15.2 Å². The molecule has 3 N–H and O–H groups in total. The van der Waals surface area contributed by atoms with E-state index in [1.807, 2.05) is 73.9 Å². The minimum absolute atomic E-state index is 0.0971. The number of methoxy groups -OCH3 is 1. The van der Waals surface area contributed by atoms with Crippen molar-refractivity contribution < 1.29 is 19.1 Å². The summed E-state index contributed by atoms with van der Waals surface area (Å²) in [5.41, 5.74) is 6.74. The molecule has 0 saturated carbocycles. The van der Waals surface area contributed by atoms with Gasteiger partial charge in [0.25, 0.3) is 0 Å². The maximum absolute atomic E-state index is 12.6. The van der Waals surface area contributed by atoms with Crippen LogP contribution >= 0.6 is 11.8 Å². The number of thioether (sulfide) groups is 1. The third kappa shape index (κ3) is 5.83. The highest BCUT2D eigenvalue weighted by Crippen LogP contribution is 2.34. The van der Waals surface area contributed by atoms with Gasteiger partial charge in [0, 0.05) is 11.3 Å². The van der Waals surface area contributed by atoms with Crippen molar-refractivity contribution in [3.05, 3.63) is 48.5 Å². The molecule has 0 aliphatic carbocycles. The Bertz CT molecular complexity index is 1110. The molecule has 2 aromatic carbocycles. The Morgan fingerprint density at radius 2 is 1.85 bits per heavy atom. The largest absolute Gasteiger partial charge is 0.497 e. The van der Waals surface area contributed by atoms with Crippen LogP contribution in [-0.4, -0.2) is 45.7 Å². The minimum Gasteiger partial charge on any atom is -0.497 e. The molecule has 0 saturated heterocycles. The molecule has 1 aromatic heterocycles. The molecular weight excluding hydrogens is 442 g/mol. The zero-order valence-corrected chi connectivity index (χ0v) is 19.8. The number of rotatable bonds is 9. The Labute approximate surface area is 196 Å². The summed E-state index contributed by atoms with van der Waals surface area (Å²) >= 11 is 1.22. The van der Waals surface area contributed by atoms with E-state index in [9.17, 15) is 9.59 Å². The summed E-state index contributed by atoms with van der Waals surface area (Å²) in [6, 6.07) is 14.1. The van der Waals surface area contributed by atoms with E-state index >= 15 is 0 Å². The van der Waals surface area contributed by atoms with Crippen molar-refractivity contribution in [3.63, 3.8) is 0 Å². The van der Waals surface area contributed by atoms with Crippen LogP contribution in [0.5, 0.6) is 11.5 Å². The van der Waals surface area contributed by atoms with Gasteiger partial charge >= 0.3 is 6.03 Å². The molecule has 0 spiro atoms. The fraction of sp³-hybridized carbons (Fsp3) is 0.304. The summed E-state index contributed by atoms with van der Waals surface area (Å²) in [7, 11) is 1.60. The first-order chi connectivity index (χ1) is 15.8. The predicted octanol–water partition coefficient (Wildman–Crippen LogP) is 3.65. The lowest BCUT2D eigenvalue weighted by Gasteiger charge is -2.19. The fourth-order valence-electron chi connectivity index (χ4n) is 3.18. The van der Waals surface area contributed by atoms with Crippen molar-refractivity contribution in [2.75, 3.05) is 13.7 Å². The van der Waals surface area contributed by atoms with Gasteiger partial charge in [-0.1, -0.05) is 37.7 Å². The van der Waals surface area contributed by atoms with E-state index in [2.05, 4.69) is 15.5 Å². The van der Waals surface area contributed by atoms with Gasteiger partial charge in [0.15, 0.2) is 11.0 Å². The van der Waals surface area contributed by atoms with Crippen LogP contribution in [0.4, 0.5) is 4.79 Å². The van der Waals surface area contributed by atoms with Crippen LogP contribution in [-0.2, 0) is 4.79 Å². The molecule has 3 rings (SSSR count). The van der Waals surface area contributed by atoms with Crippen LogP contribution in [0.25, 0.3) is 17.1 Å². The molecule has 9 nitrogen and oxygen atoms in total. The van der Waals surface area contributed by atoms with Gasteiger partial charge in [-0.25, -0.2) is 4.79 Å². The number of benzene rings is 2. The number of carbonyl (C=O) groups is 2. The Morgan fingerprint density at radius 1 is 1.12 bits per heavy atom. The quantitative estimate of drug-likeness (QED) is 0.459. The van der Waals surface area contributed by atoms with Crippen molar-refractivity contribution >= 4 is 23.7 Å². The van der Waals surface area contributed by atoms with Crippen LogP contribution in [0, 0.1) is 5.92 Å². The number of carbonyl (C=O) groups excluding carboxylic acids is 2. The van der Waals surface area contributed by atoms with Crippen molar-refractivity contribution in [1.29, 1.82) is 0 Å². The highest BCUT2D eigenvalue weighted by atomic mass is 32.2. The predicted molar refractivity (Wildman–Crippen MR) is 127 cm³/mol. The molecule has 0 bridgehead atoms. The summed E-state index contributed by atoms with van der Waals surface area (Å²) in [5.74, 6) is 1.43. The molecule has 10 heteroatoms. The maximum Gasteiger partial charge on any atom is 0.318 e. The number of aromatic nitrogens is 3. The average molecular weight is 470 g/mol. The number of primary amides is 1. The molecule has 3 amide bonds. The van der Waals surface area contributed by atoms with Crippen molar-refractivity contribution in [3.8, 4) is 28.6 Å². The van der Waals surface area contributed by atoms with E-state index in [-0.39, 0.29) is 5.92 Å². The van der Waals surface area contributed by atoms with Crippen LogP contribution < -0.4 is 20.5 Å². The van der Waals surface area contributed by atoms with Gasteiger partial charge in [0.2, 0.25) is 5.91 Å². The summed E-state index contributed by atoms with van der Waals surface area (Å²) in [5, 5.41) is 10.8. The standard InChI is InChI=1S/C23H27N5O4S/c1-5-32-17-11-9-16(10-12-17)28-20(15-7-6-8-18(13-15)31-4)26-27-23(28)33-19(14(2)3)21(29)25-22(24)30/h6-14,19H,5H2,1-4H3,(H3,24,25,29,30). The molecule has 33 heavy (non-hydrogen) atoms. The first kappa shape index (κ1) is 24.1. The van der Waals surface area contributed by atoms with Crippen molar-refractivity contribution in [1.82, 2.24) is 20.1 Å². The van der Waals surface area contributed by atoms with E-state index in [1.165, 1.54) is 11.8 Å². The number of urea groups is 1. The maximum atomic E-state index is 12.6. The van der Waals surface area contributed by atoms with Gasteiger partial charge < -0.3 is 15.2 Å². The molecule has 0 fully saturated rings. The van der Waals surface area contributed by atoms with Gasteiger partial charge in [-0.2, -0.15) is 0 Å². The second kappa shape index (κ2) is 10.9. The summed E-state index contributed by atoms with van der Waals surface area (Å²) < 4.78 is 12.8. The number of amides is 3. The Hall–Kier alpha value is -3.53. The van der Waals surface area contributed by atoms with E-state index in [1.54, 1.807) is 7.11 Å². The first-order valence-electron chi connectivity index (χ1n) is 10.4. The summed E-state index contributed by atoms with van der Waals surface area (Å²) in [4.78, 5) is 23.8. The highest BCUT2D eigenvalue weighted by Gasteiger charge is 2.28. The number of nitrogens with zero attached hydrogens (tertiary/aromatic N) is 3. The number of hydrogen-bond donors (Lipinski definition) is 2. The van der Waals surface area contributed by atoms with Gasteiger partial charge in [-0.15, -0.1) is 10.2 Å². The fourth-order valence-corrected chi connectivity index (χ4v) is 4.24. The molecule has 0 aliphatic rings. The third-order valence-electron chi connectivity index (χ3n) is 4.71. The zero-order chi connectivity index (χ0) is 24.0. The number of hydrogen-bond acceptors (Lipinski definition) is 7. The topological polar surface area (TPSA) is 121 Å². The van der Waals surface area contributed by atoms with Crippen LogP contribution in [0.3, 0.4) is 0 Å². The second-order valence-corrected chi connectivity index (χ2v) is 8.55. The summed E-state index contributed by atoms with van der Waals surface area (Å²) in [6.07, 6.45) is 0. The van der Waals surface area contributed by atoms with E-state index < -0.39 is 17.2 Å². The van der Waals surface area contributed by atoms with Crippen LogP contribution in [0.1, 0.15) is 20.8 Å². The summed E-state index contributed by atoms with van der Waals surface area (Å²) in [6.45, 7) is 6.26. The number of nitrogens with one attached hydrogen (secondary N) is 1. The molecule has 1 atom stereocenters. The SMILES string of the molecule is CCOc1ccc(-n2c(SC(C(=O)NC(N)=O)C(C)C)nnc2-c2cccc(OC)c2)cc1. The lowest BCUT2D eigenvalue weighted by Crippen LogP contribution is -2.42. The Balaban J connectivity index is 2.08. The highest BCUT2D eigenvalue weighted by molar-refractivity contribution is 8.00. The van der Waals surface area contributed by atoms with Gasteiger partial charge in [-0.3, -0.25) is 14.7 Å². The zero-order valence-electron chi connectivity index (χ0n) is 18.9. The Morgan fingerprint density at radius 3 is 2.45 bits per heavy atom. The van der Waals surface area contributed by atoms with Gasteiger partial charge in [-0.05, 0) is 49.2 Å². The minimum atomic E-state index is -0.892. The van der Waals surface area contributed by atoms with Crippen LogP contribution in [0.15, 0.2) is 53.7 Å². The molecule has 0 aliphatic heterocycles. The molecule has 3 aromatic rings. The molecule has 174 valence electrons. The lowest BCUT2D eigenvalue weighted by molar-refractivity contribution is -0.120. The van der Waals surface area contributed by atoms with Crippen LogP contribution in [0.2, 0.25) is 0 Å². The second-order valence-electron chi connectivity index (χ2n) is 7.44. The Kier molecular flexibility index (Phi) is 7.94. The van der Waals surface area contributed by atoms with Crippen molar-refractivity contribution in [2.45, 2.75) is 31.2 Å². The average Bonchev–Trinajstić information content (AvgIpc) is 3.21. The van der Waals surface area contributed by atoms with Crippen molar-refractivity contribution in [2.24, 2.45) is 11.7 Å². The van der Waals surface area contributed by atoms with Gasteiger partial charge in [0.1, 0.15) is 11.5 Å². The number of ether oxygens (including phenoxy) is 2. The first-order valence-corrected chi connectivity index (χ1v) is 11.3. The van der Waals surface area contributed by atoms with E-state index in [0.717, 1.165) is 17.0 Å². The number of imide groups is 1. The monoisotopic (exact) mass is 469 g/mol. The number of nitrogens with two attached hydrogens (primary N) is 1. The normalized spacial score (nSPS) is 11.8. The molecule has 1 heterocycles. The van der Waals surface area contributed by atoms with E-state index in [0.29, 0.717) is 23.3 Å².